The first-order chi connectivity index (χ1) is 44.2. The lowest BCUT2D eigenvalue weighted by atomic mass is 9.92. The molecule has 472 valence electrons. The first-order valence-electron chi connectivity index (χ1n) is 36.0. The van der Waals surface area contributed by atoms with E-state index in [9.17, 15) is 0 Å². The van der Waals surface area contributed by atoms with Gasteiger partial charge in [0.2, 0.25) is 0 Å². The zero-order chi connectivity index (χ0) is 62.7. The number of aromatic amines is 2. The second-order valence-corrected chi connectivity index (χ2v) is 26.3. The number of fused-ring (bicyclic) bond motifs is 25. The molecule has 0 aliphatic carbocycles. The maximum absolute atomic E-state index is 5.74. The molecule has 0 spiro atoms. The van der Waals surface area contributed by atoms with Crippen molar-refractivity contribution < 1.29 is 0 Å². The van der Waals surface area contributed by atoms with Crippen LogP contribution in [0.15, 0.2) is 60.7 Å². The van der Waals surface area contributed by atoms with Crippen LogP contribution in [-0.4, -0.2) is 49.8 Å². The van der Waals surface area contributed by atoms with Gasteiger partial charge >= 0.3 is 0 Å². The zero-order valence-electron chi connectivity index (χ0n) is 56.6. The molecule has 3 aliphatic rings. The highest BCUT2D eigenvalue weighted by Gasteiger charge is 2.28. The van der Waals surface area contributed by atoms with E-state index in [1.54, 1.807) is 0 Å². The first kappa shape index (κ1) is 64.3. The van der Waals surface area contributed by atoms with Crippen molar-refractivity contribution in [3.63, 3.8) is 0 Å². The molecule has 10 heteroatoms. The highest BCUT2D eigenvalue weighted by atomic mass is 15.1. The maximum atomic E-state index is 5.74. The van der Waals surface area contributed by atoms with E-state index < -0.39 is 0 Å². The minimum atomic E-state index is 0.643. The monoisotopic (exact) mass is 1200 g/mol. The van der Waals surface area contributed by atoms with Gasteiger partial charge in [-0.3, -0.25) is 0 Å². The Morgan fingerprint density at radius 2 is 0.344 bits per heavy atom. The molecule has 8 aromatic rings. The Morgan fingerprint density at radius 3 is 0.500 bits per heavy atom. The van der Waals surface area contributed by atoms with E-state index in [4.69, 9.17) is 39.9 Å². The van der Waals surface area contributed by atoms with Crippen LogP contribution in [0.2, 0.25) is 0 Å². The second-order valence-electron chi connectivity index (χ2n) is 26.3. The maximum Gasteiger partial charge on any atom is 0.164 e. The SMILES string of the molecule is CCCCc1cc2c(cc1CCCC)-c1nc-2nc2nc(nc3[nH]c(nc4nc(nc5[nH]c(n1)c1cc(CCCC)c(CCCC)cc51)-c1cc(CCCC)c(CCCC)cc1-4)c1cc(CCCC)c(CCCC)cc31)-c1cc(CCCC)c(CCCC)cc1-2. The molecule has 6 heterocycles. The zero-order valence-corrected chi connectivity index (χ0v) is 56.6. The molecule has 11 rings (SSSR count). The van der Waals surface area contributed by atoms with Crippen LogP contribution in [0.1, 0.15) is 253 Å². The number of aromatic nitrogens is 10. The smallest absolute Gasteiger partial charge is 0.164 e. The molecule has 10 nitrogen and oxygen atoms in total. The topological polar surface area (TPSA) is 135 Å². The van der Waals surface area contributed by atoms with Crippen molar-refractivity contribution in [2.24, 2.45) is 0 Å². The van der Waals surface area contributed by atoms with Gasteiger partial charge in [0, 0.05) is 54.9 Å². The van der Waals surface area contributed by atoms with Crippen molar-refractivity contribution in [2.75, 3.05) is 0 Å². The molecule has 2 N–H and O–H groups in total. The van der Waals surface area contributed by atoms with Gasteiger partial charge in [0.05, 0.1) is 0 Å². The van der Waals surface area contributed by atoms with Crippen LogP contribution in [0.25, 0.3) is 112 Å². The molecule has 90 heavy (non-hydrogen) atoms. The molecule has 0 atom stereocenters. The van der Waals surface area contributed by atoms with Gasteiger partial charge in [-0.1, -0.05) is 133 Å². The van der Waals surface area contributed by atoms with Crippen molar-refractivity contribution in [2.45, 2.75) is 262 Å². The van der Waals surface area contributed by atoms with E-state index in [1.165, 1.54) is 55.6 Å². The van der Waals surface area contributed by atoms with E-state index in [-0.39, 0.29) is 0 Å². The van der Waals surface area contributed by atoms with Crippen LogP contribution >= 0.6 is 0 Å². The number of hydrogen-bond acceptors (Lipinski definition) is 8. The molecule has 0 saturated heterocycles. The summed E-state index contributed by atoms with van der Waals surface area (Å²) in [5.41, 5.74) is 23.0. The summed E-state index contributed by atoms with van der Waals surface area (Å²) in [7, 11) is 0. The molecule has 0 unspecified atom stereocenters. The summed E-state index contributed by atoms with van der Waals surface area (Å²) in [4.78, 5) is 53.3. The fraction of sp³-hybridized carbons (Fsp3) is 0.500. The minimum Gasteiger partial charge on any atom is -0.324 e. The normalized spacial score (nSPS) is 12.1. The molecule has 0 amide bonds. The number of H-pyrrole nitrogens is 2. The number of unbranched alkanes of at least 4 members (excludes halogenated alkanes) is 10. The molecular weight excluding hydrogens is 1100 g/mol. The van der Waals surface area contributed by atoms with E-state index >= 15 is 0 Å². The van der Waals surface area contributed by atoms with Gasteiger partial charge in [0.15, 0.2) is 34.9 Å². The molecule has 0 radical (unpaired) electrons. The Bertz CT molecular complexity index is 3860. The van der Waals surface area contributed by atoms with Crippen molar-refractivity contribution in [3.8, 4) is 68.3 Å². The lowest BCUT2D eigenvalue weighted by Crippen LogP contribution is -1.98. The highest BCUT2D eigenvalue weighted by molar-refractivity contribution is 6.07. The molecule has 10 bridgehead atoms. The van der Waals surface area contributed by atoms with Gasteiger partial charge < -0.3 is 9.97 Å². The van der Waals surface area contributed by atoms with Gasteiger partial charge in [-0.15, -0.1) is 0 Å². The van der Waals surface area contributed by atoms with Gasteiger partial charge in [-0.25, -0.2) is 39.9 Å². The summed E-state index contributed by atoms with van der Waals surface area (Å²) >= 11 is 0. The lowest BCUT2D eigenvalue weighted by molar-refractivity contribution is 0.758. The summed E-state index contributed by atoms with van der Waals surface area (Å²) in [6, 6.07) is 24.2. The number of nitrogens with zero attached hydrogens (tertiary/aromatic N) is 8. The van der Waals surface area contributed by atoms with Crippen LogP contribution in [0.5, 0.6) is 0 Å². The largest absolute Gasteiger partial charge is 0.324 e. The van der Waals surface area contributed by atoms with Crippen molar-refractivity contribution in [1.82, 2.24) is 49.8 Å². The third kappa shape index (κ3) is 13.8. The molecular formula is C80H102N10. The van der Waals surface area contributed by atoms with Crippen LogP contribution < -0.4 is 0 Å². The lowest BCUT2D eigenvalue weighted by Gasteiger charge is -2.13. The van der Waals surface area contributed by atoms with Crippen LogP contribution in [0.3, 0.4) is 0 Å². The number of aryl methyl sites for hydroxylation is 10. The molecule has 3 aromatic heterocycles. The van der Waals surface area contributed by atoms with E-state index in [1.807, 2.05) is 0 Å². The molecule has 0 saturated carbocycles. The Labute approximate surface area is 537 Å². The third-order valence-electron chi connectivity index (χ3n) is 19.4. The van der Waals surface area contributed by atoms with Crippen LogP contribution in [-0.2, 0) is 64.2 Å². The van der Waals surface area contributed by atoms with E-state index in [0.717, 1.165) is 270 Å². The number of benzene rings is 5. The van der Waals surface area contributed by atoms with Gasteiger partial charge in [-0.2, -0.15) is 0 Å². The standard InChI is InChI=1S/C80H102N10/c1-11-21-31-51-41-61-62(42-52(51)32-22-12-2)72-81-71(61)86-73-63-43-53(33-23-13-3)54(34-24-14-4)44-64(63)75(82-73)88-77-67-47-57(37-27-17-7)58(38-28-18-8)48-68(67)79(84-77)90-80-70-50-60(40-30-20-10)59(39-29-19-9)49-69(70)78(85-80)89-76-66-46-56(36-26-16-6)55(35-25-15-5)45-65(66)74(83-76)87-72/h41-50H,11-40H2,1-10H3,(H2,81,82,83,84,85,86,87,88,89,90). The highest BCUT2D eigenvalue weighted by Crippen LogP contribution is 2.43. The number of nitrogens with one attached hydrogen (secondary N) is 2. The Hall–Kier alpha value is -7.20. The fourth-order valence-electron chi connectivity index (χ4n) is 13.9. The fourth-order valence-corrected chi connectivity index (χ4v) is 13.9. The summed E-state index contributed by atoms with van der Waals surface area (Å²) in [6.07, 6.45) is 32.5. The summed E-state index contributed by atoms with van der Waals surface area (Å²) in [5, 5.41) is 4.20. The van der Waals surface area contributed by atoms with Gasteiger partial charge in [0.25, 0.3) is 0 Å². The van der Waals surface area contributed by atoms with Crippen molar-refractivity contribution >= 4 is 44.1 Å². The summed E-state index contributed by atoms with van der Waals surface area (Å²) in [5.74, 6) is 3.93. The molecule has 5 aromatic carbocycles. The minimum absolute atomic E-state index is 0.643. The first-order valence-corrected chi connectivity index (χ1v) is 36.0. The predicted octanol–water partition coefficient (Wildman–Crippen LogP) is 21.9. The third-order valence-corrected chi connectivity index (χ3v) is 19.4. The molecule has 0 fully saturated rings. The Morgan fingerprint density at radius 1 is 0.200 bits per heavy atom. The van der Waals surface area contributed by atoms with Crippen LogP contribution in [0, 0.1) is 0 Å². The number of rotatable bonds is 30. The predicted molar refractivity (Wildman–Crippen MR) is 380 cm³/mol. The average molecular weight is 1200 g/mol. The molecule has 3 aliphatic heterocycles. The van der Waals surface area contributed by atoms with Gasteiger partial charge in [-0.05, 0) is 245 Å². The Balaban J connectivity index is 1.34. The quantitative estimate of drug-likeness (QED) is 0.0455. The van der Waals surface area contributed by atoms with E-state index in [2.05, 4.69) is 140 Å². The Kier molecular flexibility index (Phi) is 21.6. The van der Waals surface area contributed by atoms with Crippen molar-refractivity contribution in [1.29, 1.82) is 0 Å². The second kappa shape index (κ2) is 30.3. The van der Waals surface area contributed by atoms with E-state index in [0.29, 0.717) is 34.9 Å². The van der Waals surface area contributed by atoms with Crippen molar-refractivity contribution in [3.05, 3.63) is 116 Å². The summed E-state index contributed by atoms with van der Waals surface area (Å²) in [6.45, 7) is 22.9. The number of hydrogen-bond donors (Lipinski definition) is 2. The van der Waals surface area contributed by atoms with Crippen LogP contribution in [0.4, 0.5) is 0 Å². The summed E-state index contributed by atoms with van der Waals surface area (Å²) < 4.78 is 0. The van der Waals surface area contributed by atoms with Gasteiger partial charge in [0.1, 0.15) is 22.6 Å². The average Bonchev–Trinajstić information content (AvgIpc) is 1.61.